The van der Waals surface area contributed by atoms with Crippen LogP contribution in [0.1, 0.15) is 27.2 Å². The van der Waals surface area contributed by atoms with Gasteiger partial charge in [0.05, 0.1) is 12.6 Å². The van der Waals surface area contributed by atoms with Crippen LogP contribution in [0.25, 0.3) is 0 Å². The van der Waals surface area contributed by atoms with Gasteiger partial charge in [0, 0.05) is 19.2 Å². The second-order valence-electron chi connectivity index (χ2n) is 5.56. The first-order valence-corrected chi connectivity index (χ1v) is 6.07. The van der Waals surface area contributed by atoms with Gasteiger partial charge in [-0.05, 0) is 27.2 Å². The zero-order valence-corrected chi connectivity index (χ0v) is 11.5. The van der Waals surface area contributed by atoms with Gasteiger partial charge in [0.2, 0.25) is 0 Å². The molecular weight excluding hydrogens is 236 g/mol. The Morgan fingerprint density at radius 2 is 2.00 bits per heavy atom. The lowest BCUT2D eigenvalue weighted by Crippen LogP contribution is -2.55. The van der Waals surface area contributed by atoms with E-state index < -0.39 is 11.5 Å². The maximum Gasteiger partial charge on any atom is 0.323 e. The quantitative estimate of drug-likeness (QED) is 0.820. The molecule has 1 heterocycles. The first kappa shape index (κ1) is 14.8. The number of carbonyl (C=O) groups is 2. The van der Waals surface area contributed by atoms with Gasteiger partial charge in [0.25, 0.3) is 0 Å². The SMILES string of the molecule is CN(C(=O)N(CC(=O)O)C(C)(C)C)C1CCOC1. The van der Waals surface area contributed by atoms with E-state index in [9.17, 15) is 9.59 Å². The van der Waals surface area contributed by atoms with Crippen LogP contribution in [0.15, 0.2) is 0 Å². The average Bonchev–Trinajstić information content (AvgIpc) is 2.75. The van der Waals surface area contributed by atoms with E-state index in [-0.39, 0.29) is 18.6 Å². The minimum Gasteiger partial charge on any atom is -0.480 e. The number of carbonyl (C=O) groups excluding carboxylic acids is 1. The molecule has 1 atom stereocenters. The number of carboxylic acid groups (broad SMARTS) is 1. The number of amides is 2. The molecule has 0 aromatic heterocycles. The largest absolute Gasteiger partial charge is 0.480 e. The summed E-state index contributed by atoms with van der Waals surface area (Å²) in [6, 6.07) is -0.225. The number of ether oxygens (including phenoxy) is 1. The summed E-state index contributed by atoms with van der Waals surface area (Å²) in [6.45, 7) is 6.36. The highest BCUT2D eigenvalue weighted by Crippen LogP contribution is 2.18. The lowest BCUT2D eigenvalue weighted by molar-refractivity contribution is -0.138. The Labute approximate surface area is 107 Å². The predicted molar refractivity (Wildman–Crippen MR) is 66.5 cm³/mol. The molecule has 1 rings (SSSR count). The van der Waals surface area contributed by atoms with Crippen molar-refractivity contribution in [1.82, 2.24) is 9.80 Å². The summed E-state index contributed by atoms with van der Waals surface area (Å²) >= 11 is 0. The van der Waals surface area contributed by atoms with E-state index in [4.69, 9.17) is 9.84 Å². The molecule has 0 spiro atoms. The normalized spacial score (nSPS) is 19.7. The summed E-state index contributed by atoms with van der Waals surface area (Å²) in [5, 5.41) is 8.91. The molecule has 6 nitrogen and oxygen atoms in total. The summed E-state index contributed by atoms with van der Waals surface area (Å²) in [4.78, 5) is 26.2. The van der Waals surface area contributed by atoms with Gasteiger partial charge in [-0.1, -0.05) is 0 Å². The summed E-state index contributed by atoms with van der Waals surface area (Å²) in [7, 11) is 1.70. The Morgan fingerprint density at radius 1 is 1.39 bits per heavy atom. The lowest BCUT2D eigenvalue weighted by atomic mass is 10.1. The fraction of sp³-hybridized carbons (Fsp3) is 0.833. The molecule has 1 fully saturated rings. The molecule has 0 saturated carbocycles. The molecule has 0 aromatic rings. The Bertz CT molecular complexity index is 319. The molecule has 0 aliphatic carbocycles. The van der Waals surface area contributed by atoms with Crippen molar-refractivity contribution in [3.63, 3.8) is 0 Å². The van der Waals surface area contributed by atoms with Crippen molar-refractivity contribution in [2.45, 2.75) is 38.8 Å². The third kappa shape index (κ3) is 3.60. The topological polar surface area (TPSA) is 70.1 Å². The number of likely N-dealkylation sites (N-methyl/N-ethyl adjacent to an activating group) is 1. The third-order valence-electron chi connectivity index (χ3n) is 3.09. The van der Waals surface area contributed by atoms with Gasteiger partial charge in [0.1, 0.15) is 6.54 Å². The summed E-state index contributed by atoms with van der Waals surface area (Å²) < 4.78 is 5.25. The van der Waals surface area contributed by atoms with E-state index in [1.54, 1.807) is 11.9 Å². The number of aliphatic carboxylic acids is 1. The summed E-state index contributed by atoms with van der Waals surface area (Å²) in [6.07, 6.45) is 0.799. The first-order chi connectivity index (χ1) is 8.23. The van der Waals surface area contributed by atoms with E-state index in [0.29, 0.717) is 13.2 Å². The van der Waals surface area contributed by atoms with Crippen LogP contribution in [0.4, 0.5) is 4.79 Å². The highest BCUT2D eigenvalue weighted by Gasteiger charge is 2.34. The van der Waals surface area contributed by atoms with Crippen LogP contribution < -0.4 is 0 Å². The van der Waals surface area contributed by atoms with E-state index in [1.165, 1.54) is 4.90 Å². The van der Waals surface area contributed by atoms with Gasteiger partial charge >= 0.3 is 12.0 Å². The Kier molecular flexibility index (Phi) is 4.56. The second kappa shape index (κ2) is 5.56. The van der Waals surface area contributed by atoms with Crippen molar-refractivity contribution in [3.8, 4) is 0 Å². The highest BCUT2D eigenvalue weighted by molar-refractivity contribution is 5.81. The molecule has 2 amide bonds. The van der Waals surface area contributed by atoms with Crippen molar-refractivity contribution in [2.24, 2.45) is 0 Å². The standard InChI is InChI=1S/C12H22N2O4/c1-12(2,3)14(7-10(15)16)11(17)13(4)9-5-6-18-8-9/h9H,5-8H2,1-4H3,(H,15,16). The van der Waals surface area contributed by atoms with Gasteiger partial charge in [-0.2, -0.15) is 0 Å². The fourth-order valence-corrected chi connectivity index (χ4v) is 1.90. The van der Waals surface area contributed by atoms with Crippen LogP contribution >= 0.6 is 0 Å². The zero-order chi connectivity index (χ0) is 13.9. The van der Waals surface area contributed by atoms with Gasteiger partial charge in [-0.3, -0.25) is 4.79 Å². The van der Waals surface area contributed by atoms with E-state index >= 15 is 0 Å². The number of carboxylic acids is 1. The molecule has 6 heteroatoms. The number of urea groups is 1. The molecule has 1 aliphatic heterocycles. The lowest BCUT2D eigenvalue weighted by Gasteiger charge is -2.38. The van der Waals surface area contributed by atoms with Gasteiger partial charge < -0.3 is 19.6 Å². The minimum atomic E-state index is -1.01. The van der Waals surface area contributed by atoms with Crippen molar-refractivity contribution in [3.05, 3.63) is 0 Å². The van der Waals surface area contributed by atoms with Crippen LogP contribution in [-0.4, -0.2) is 65.3 Å². The van der Waals surface area contributed by atoms with Crippen LogP contribution in [0.3, 0.4) is 0 Å². The van der Waals surface area contributed by atoms with Crippen LogP contribution in [0.5, 0.6) is 0 Å². The van der Waals surface area contributed by atoms with Gasteiger partial charge in [0.15, 0.2) is 0 Å². The average molecular weight is 258 g/mol. The molecule has 0 radical (unpaired) electrons. The Morgan fingerprint density at radius 3 is 2.39 bits per heavy atom. The molecule has 1 saturated heterocycles. The molecule has 104 valence electrons. The Balaban J connectivity index is 2.77. The van der Waals surface area contributed by atoms with Crippen LogP contribution in [-0.2, 0) is 9.53 Å². The molecule has 1 aliphatic rings. The van der Waals surface area contributed by atoms with E-state index in [2.05, 4.69) is 0 Å². The van der Waals surface area contributed by atoms with Crippen molar-refractivity contribution in [1.29, 1.82) is 0 Å². The van der Waals surface area contributed by atoms with Crippen LogP contribution in [0, 0.1) is 0 Å². The second-order valence-corrected chi connectivity index (χ2v) is 5.56. The maximum atomic E-state index is 12.3. The van der Waals surface area contributed by atoms with Gasteiger partial charge in [-0.25, -0.2) is 4.79 Å². The molecule has 1 unspecified atom stereocenters. The van der Waals surface area contributed by atoms with Crippen LogP contribution in [0.2, 0.25) is 0 Å². The molecule has 0 aromatic carbocycles. The Hall–Kier alpha value is -1.30. The monoisotopic (exact) mass is 258 g/mol. The number of nitrogens with zero attached hydrogens (tertiary/aromatic N) is 2. The highest BCUT2D eigenvalue weighted by atomic mass is 16.5. The van der Waals surface area contributed by atoms with E-state index in [1.807, 2.05) is 20.8 Å². The number of hydrogen-bond donors (Lipinski definition) is 1. The zero-order valence-electron chi connectivity index (χ0n) is 11.5. The fourth-order valence-electron chi connectivity index (χ4n) is 1.90. The molecule has 0 bridgehead atoms. The number of rotatable bonds is 3. The molecular formula is C12H22N2O4. The third-order valence-corrected chi connectivity index (χ3v) is 3.09. The van der Waals surface area contributed by atoms with E-state index in [0.717, 1.165) is 6.42 Å². The number of hydrogen-bond acceptors (Lipinski definition) is 3. The molecule has 18 heavy (non-hydrogen) atoms. The minimum absolute atomic E-state index is 0.0381. The maximum absolute atomic E-state index is 12.3. The first-order valence-electron chi connectivity index (χ1n) is 6.07. The predicted octanol–water partition coefficient (Wildman–Crippen LogP) is 1.01. The van der Waals surface area contributed by atoms with Gasteiger partial charge in [-0.15, -0.1) is 0 Å². The summed E-state index contributed by atoms with van der Waals surface area (Å²) in [5.74, 6) is -1.01. The van der Waals surface area contributed by atoms with Crippen molar-refractivity contribution < 1.29 is 19.4 Å². The molecule has 1 N–H and O–H groups in total. The van der Waals surface area contributed by atoms with Crippen molar-refractivity contribution in [2.75, 3.05) is 26.8 Å². The smallest absolute Gasteiger partial charge is 0.323 e. The van der Waals surface area contributed by atoms with Crippen molar-refractivity contribution >= 4 is 12.0 Å². The summed E-state index contributed by atoms with van der Waals surface area (Å²) in [5.41, 5.74) is -0.525.